The van der Waals surface area contributed by atoms with Gasteiger partial charge in [0.2, 0.25) is 0 Å². The lowest BCUT2D eigenvalue weighted by atomic mass is 10.6. The zero-order chi connectivity index (χ0) is 6.57. The fourth-order valence-electron chi connectivity index (χ4n) is 0.189. The third-order valence-electron chi connectivity index (χ3n) is 0.589. The van der Waals surface area contributed by atoms with E-state index in [-0.39, 0.29) is 0 Å². The first-order chi connectivity index (χ1) is 3.72. The minimum absolute atomic E-state index is 0.583. The monoisotopic (exact) mass is 111 g/mol. The highest BCUT2D eigenvalue weighted by Crippen LogP contribution is 1.86. The van der Waals surface area contributed by atoms with Crippen LogP contribution in [0.1, 0.15) is 6.92 Å². The van der Waals surface area contributed by atoms with E-state index >= 15 is 0 Å². The van der Waals surface area contributed by atoms with Crippen LogP contribution in [0, 0.1) is 22.9 Å². The minimum Gasteiger partial charge on any atom is -0.372 e. The van der Waals surface area contributed by atoms with Crippen LogP contribution in [0.2, 0.25) is 0 Å². The second-order valence-electron chi connectivity index (χ2n) is 1.20. The highest BCUT2D eigenvalue weighted by Gasteiger charge is 2.03. The van der Waals surface area contributed by atoms with Gasteiger partial charge in [-0.05, 0) is 6.92 Å². The van der Waals surface area contributed by atoms with Gasteiger partial charge in [-0.25, -0.2) is 0 Å². The van der Waals surface area contributed by atoms with Gasteiger partial charge in [-0.3, -0.25) is 0 Å². The molecule has 0 fully saturated rings. The Labute approximate surface area is 47.2 Å². The second-order valence-corrected chi connectivity index (χ2v) is 1.20. The predicted octanol–water partition coefficient (Wildman–Crippen LogP) is -0.411. The molecule has 0 rings (SSSR count). The summed E-state index contributed by atoms with van der Waals surface area (Å²) in [7, 11) is 0. The highest BCUT2D eigenvalue weighted by molar-refractivity contribution is 4.86. The summed E-state index contributed by atoms with van der Waals surface area (Å²) in [6, 6.07) is 0. The summed E-state index contributed by atoms with van der Waals surface area (Å²) in [5.74, 6) is 0. The quantitative estimate of drug-likeness (QED) is 0.283. The Balaban J connectivity index is 3.81. The first-order valence-electron chi connectivity index (χ1n) is 1.99. The normalized spacial score (nSPS) is 11.0. The third-order valence-corrected chi connectivity index (χ3v) is 0.589. The number of aliphatic hydroxyl groups is 1. The van der Waals surface area contributed by atoms with Crippen LogP contribution >= 0.6 is 0 Å². The first kappa shape index (κ1) is 6.74. The molecule has 4 nitrogen and oxygen atoms in total. The van der Waals surface area contributed by atoms with Crippen LogP contribution in [-0.4, -0.2) is 16.2 Å². The van der Waals surface area contributed by atoms with Gasteiger partial charge in [0.25, 0.3) is 0 Å². The standard InChI is InChI=1S/C4H5N3O/c1-4(8)7(2-5)3-6/h4,8H,1H3. The van der Waals surface area contributed by atoms with Gasteiger partial charge in [0.15, 0.2) is 12.4 Å². The van der Waals surface area contributed by atoms with E-state index in [4.69, 9.17) is 15.6 Å². The fraction of sp³-hybridized carbons (Fsp3) is 0.500. The SMILES string of the molecule is CC(O)N(C#N)C#N. The Kier molecular flexibility index (Phi) is 2.39. The maximum atomic E-state index is 8.49. The van der Waals surface area contributed by atoms with Crippen LogP contribution in [0.3, 0.4) is 0 Å². The summed E-state index contributed by atoms with van der Waals surface area (Å²) in [6.07, 6.45) is 1.94. The van der Waals surface area contributed by atoms with Crippen molar-refractivity contribution in [3.63, 3.8) is 0 Å². The smallest absolute Gasteiger partial charge is 0.196 e. The number of hydrogen-bond acceptors (Lipinski definition) is 4. The number of rotatable bonds is 1. The van der Waals surface area contributed by atoms with Crippen molar-refractivity contribution in [2.75, 3.05) is 0 Å². The topological polar surface area (TPSA) is 71.0 Å². The average Bonchev–Trinajstić information content (AvgIpc) is 1.69. The van der Waals surface area contributed by atoms with Gasteiger partial charge in [0.1, 0.15) is 6.23 Å². The number of hydrogen-bond donors (Lipinski definition) is 1. The molecule has 0 saturated carbocycles. The largest absolute Gasteiger partial charge is 0.372 e. The lowest BCUT2D eigenvalue weighted by Gasteiger charge is -2.05. The number of nitriles is 2. The second kappa shape index (κ2) is 2.84. The molecule has 0 aliphatic heterocycles. The third kappa shape index (κ3) is 1.46. The van der Waals surface area contributed by atoms with Crippen LogP contribution in [0.5, 0.6) is 0 Å². The lowest BCUT2D eigenvalue weighted by Crippen LogP contribution is -2.22. The number of aliphatic hydroxyl groups excluding tert-OH is 1. The molecule has 0 radical (unpaired) electrons. The maximum Gasteiger partial charge on any atom is 0.196 e. The molecule has 0 aliphatic carbocycles. The van der Waals surface area contributed by atoms with Crippen LogP contribution in [0.4, 0.5) is 0 Å². The van der Waals surface area contributed by atoms with Crippen molar-refractivity contribution in [3.8, 4) is 12.4 Å². The molecule has 0 bridgehead atoms. The highest BCUT2D eigenvalue weighted by atomic mass is 16.3. The van der Waals surface area contributed by atoms with Crippen LogP contribution in [0.25, 0.3) is 0 Å². The van der Waals surface area contributed by atoms with Crippen LogP contribution in [-0.2, 0) is 0 Å². The molecule has 0 saturated heterocycles. The van der Waals surface area contributed by atoms with Crippen molar-refractivity contribution in [2.45, 2.75) is 13.2 Å². The van der Waals surface area contributed by atoms with Gasteiger partial charge in [-0.2, -0.15) is 15.4 Å². The van der Waals surface area contributed by atoms with Crippen LogP contribution < -0.4 is 0 Å². The summed E-state index contributed by atoms with van der Waals surface area (Å²) in [5.41, 5.74) is 0. The van der Waals surface area contributed by atoms with E-state index in [9.17, 15) is 0 Å². The summed E-state index contributed by atoms with van der Waals surface area (Å²) in [4.78, 5) is 0.583. The van der Waals surface area contributed by atoms with Crippen molar-refractivity contribution in [1.29, 1.82) is 10.5 Å². The van der Waals surface area contributed by atoms with E-state index in [1.54, 1.807) is 0 Å². The Morgan fingerprint density at radius 3 is 1.88 bits per heavy atom. The molecule has 8 heavy (non-hydrogen) atoms. The molecule has 0 spiro atoms. The molecule has 4 heteroatoms. The molecule has 1 unspecified atom stereocenters. The summed E-state index contributed by atoms with van der Waals surface area (Å²) >= 11 is 0. The van der Waals surface area contributed by atoms with E-state index in [1.807, 2.05) is 0 Å². The number of nitrogens with zero attached hydrogens (tertiary/aromatic N) is 3. The van der Waals surface area contributed by atoms with Crippen molar-refractivity contribution in [1.82, 2.24) is 4.90 Å². The zero-order valence-electron chi connectivity index (χ0n) is 4.37. The van der Waals surface area contributed by atoms with Crippen molar-refractivity contribution >= 4 is 0 Å². The summed E-state index contributed by atoms with van der Waals surface area (Å²) in [6.45, 7) is 1.34. The minimum atomic E-state index is -1.01. The molecular formula is C4H5N3O. The van der Waals surface area contributed by atoms with Crippen LogP contribution in [0.15, 0.2) is 0 Å². The first-order valence-corrected chi connectivity index (χ1v) is 1.99. The van der Waals surface area contributed by atoms with Crippen molar-refractivity contribution < 1.29 is 5.11 Å². The van der Waals surface area contributed by atoms with E-state index < -0.39 is 6.23 Å². The van der Waals surface area contributed by atoms with Gasteiger partial charge in [0, 0.05) is 0 Å². The Bertz CT molecular complexity index is 126. The van der Waals surface area contributed by atoms with E-state index in [2.05, 4.69) is 0 Å². The molecule has 1 atom stereocenters. The van der Waals surface area contributed by atoms with Crippen molar-refractivity contribution in [2.24, 2.45) is 0 Å². The molecule has 0 heterocycles. The Morgan fingerprint density at radius 1 is 1.50 bits per heavy atom. The molecule has 0 aliphatic rings. The van der Waals surface area contributed by atoms with E-state index in [0.29, 0.717) is 4.90 Å². The fourth-order valence-corrected chi connectivity index (χ4v) is 0.189. The molecule has 42 valence electrons. The maximum absolute atomic E-state index is 8.49. The van der Waals surface area contributed by atoms with Gasteiger partial charge in [0.05, 0.1) is 0 Å². The molecule has 0 aromatic carbocycles. The Morgan fingerprint density at radius 2 is 1.88 bits per heavy atom. The molecular weight excluding hydrogens is 106 g/mol. The zero-order valence-corrected chi connectivity index (χ0v) is 4.37. The molecule has 0 aromatic heterocycles. The average molecular weight is 111 g/mol. The van der Waals surface area contributed by atoms with E-state index in [0.717, 1.165) is 0 Å². The molecule has 0 amide bonds. The molecule has 1 N–H and O–H groups in total. The van der Waals surface area contributed by atoms with Gasteiger partial charge < -0.3 is 5.11 Å². The van der Waals surface area contributed by atoms with Gasteiger partial charge in [-0.15, -0.1) is 0 Å². The van der Waals surface area contributed by atoms with E-state index in [1.165, 1.54) is 19.3 Å². The van der Waals surface area contributed by atoms with Gasteiger partial charge in [-0.1, -0.05) is 0 Å². The summed E-state index contributed by atoms with van der Waals surface area (Å²) < 4.78 is 0. The Hall–Kier alpha value is -1.26. The molecule has 0 aromatic rings. The lowest BCUT2D eigenvalue weighted by molar-refractivity contribution is 0.0975. The predicted molar refractivity (Wildman–Crippen MR) is 24.7 cm³/mol. The summed E-state index contributed by atoms with van der Waals surface area (Å²) in [5, 5.41) is 24.5. The van der Waals surface area contributed by atoms with Crippen molar-refractivity contribution in [3.05, 3.63) is 0 Å². The van der Waals surface area contributed by atoms with Gasteiger partial charge >= 0.3 is 0 Å².